The van der Waals surface area contributed by atoms with Gasteiger partial charge in [0.2, 0.25) is 0 Å². The topological polar surface area (TPSA) is 70.3 Å². The summed E-state index contributed by atoms with van der Waals surface area (Å²) in [6, 6.07) is 9.05. The first-order valence-electron chi connectivity index (χ1n) is 5.71. The van der Waals surface area contributed by atoms with E-state index in [-0.39, 0.29) is 0 Å². The van der Waals surface area contributed by atoms with Gasteiger partial charge in [-0.25, -0.2) is 9.97 Å². The van der Waals surface area contributed by atoms with Crippen LogP contribution in [-0.2, 0) is 6.61 Å². The molecule has 0 aliphatic carbocycles. The maximum atomic E-state index is 5.56. The normalized spacial score (nSPS) is 10.1. The highest BCUT2D eigenvalue weighted by molar-refractivity contribution is 5.31. The maximum absolute atomic E-state index is 5.56. The molecule has 0 saturated carbocycles. The fourth-order valence-corrected chi connectivity index (χ4v) is 1.43. The lowest BCUT2D eigenvalue weighted by molar-refractivity contribution is 0.294. The third-order valence-corrected chi connectivity index (χ3v) is 2.23. The van der Waals surface area contributed by atoms with Crippen molar-refractivity contribution in [1.82, 2.24) is 9.97 Å². The van der Waals surface area contributed by atoms with Gasteiger partial charge in [-0.2, -0.15) is 0 Å². The second kappa shape index (κ2) is 5.86. The number of anilines is 1. The molecule has 2 aromatic rings. The molecule has 1 aromatic heterocycles. The molecule has 2 N–H and O–H groups in total. The fraction of sp³-hybridized carbons (Fsp3) is 0.231. The lowest BCUT2D eigenvalue weighted by Crippen LogP contribution is -2.03. The molecule has 5 nitrogen and oxygen atoms in total. The lowest BCUT2D eigenvalue weighted by atomic mass is 10.3. The van der Waals surface area contributed by atoms with Crippen molar-refractivity contribution >= 4 is 5.82 Å². The molecule has 0 aliphatic rings. The molecule has 0 saturated heterocycles. The zero-order valence-electron chi connectivity index (χ0n) is 10.2. The highest BCUT2D eigenvalue weighted by atomic mass is 16.5. The first-order valence-corrected chi connectivity index (χ1v) is 5.71. The van der Waals surface area contributed by atoms with Crippen LogP contribution in [0.2, 0.25) is 0 Å². The largest absolute Gasteiger partial charge is 0.494 e. The second-order valence-corrected chi connectivity index (χ2v) is 3.59. The molecule has 1 heterocycles. The summed E-state index contributed by atoms with van der Waals surface area (Å²) in [4.78, 5) is 8.11. The van der Waals surface area contributed by atoms with Crippen LogP contribution in [0.3, 0.4) is 0 Å². The molecule has 0 spiro atoms. The minimum atomic E-state index is 0.291. The Kier molecular flexibility index (Phi) is 3.96. The number of nitrogens with two attached hydrogens (primary N) is 1. The van der Waals surface area contributed by atoms with Crippen LogP contribution in [-0.4, -0.2) is 16.6 Å². The van der Waals surface area contributed by atoms with Crippen molar-refractivity contribution in [2.45, 2.75) is 13.5 Å². The van der Waals surface area contributed by atoms with Gasteiger partial charge in [0.1, 0.15) is 23.9 Å². The molecule has 0 fully saturated rings. The Labute approximate surface area is 106 Å². The number of nitrogen functional groups attached to an aromatic ring is 1. The maximum Gasteiger partial charge on any atom is 0.168 e. The van der Waals surface area contributed by atoms with E-state index in [2.05, 4.69) is 9.97 Å². The summed E-state index contributed by atoms with van der Waals surface area (Å²) in [6.45, 7) is 2.89. The zero-order valence-corrected chi connectivity index (χ0v) is 10.2. The van der Waals surface area contributed by atoms with Crippen molar-refractivity contribution in [1.29, 1.82) is 0 Å². The van der Waals surface area contributed by atoms with Crippen LogP contribution >= 0.6 is 0 Å². The summed E-state index contributed by atoms with van der Waals surface area (Å²) in [7, 11) is 0. The minimum Gasteiger partial charge on any atom is -0.494 e. The monoisotopic (exact) mass is 245 g/mol. The average molecular weight is 245 g/mol. The zero-order chi connectivity index (χ0) is 12.8. The fourth-order valence-electron chi connectivity index (χ4n) is 1.43. The molecule has 1 aromatic carbocycles. The summed E-state index contributed by atoms with van der Waals surface area (Å²) in [5.41, 5.74) is 5.56. The van der Waals surface area contributed by atoms with E-state index in [9.17, 15) is 0 Å². The van der Waals surface area contributed by atoms with E-state index in [0.29, 0.717) is 24.9 Å². The van der Waals surface area contributed by atoms with E-state index < -0.39 is 0 Å². The molecule has 2 rings (SSSR count). The Morgan fingerprint density at radius 3 is 2.33 bits per heavy atom. The Morgan fingerprint density at radius 2 is 1.72 bits per heavy atom. The van der Waals surface area contributed by atoms with Crippen molar-refractivity contribution in [3.8, 4) is 11.5 Å². The van der Waals surface area contributed by atoms with Crippen LogP contribution in [0.1, 0.15) is 12.7 Å². The lowest BCUT2D eigenvalue weighted by Gasteiger charge is -2.07. The summed E-state index contributed by atoms with van der Waals surface area (Å²) >= 11 is 0. The second-order valence-electron chi connectivity index (χ2n) is 3.59. The summed E-state index contributed by atoms with van der Waals surface area (Å²) < 4.78 is 10.9. The molecule has 0 aliphatic heterocycles. The molecule has 0 unspecified atom stereocenters. The molecular weight excluding hydrogens is 230 g/mol. The van der Waals surface area contributed by atoms with Crippen LogP contribution in [0.25, 0.3) is 0 Å². The van der Waals surface area contributed by atoms with Crippen LogP contribution in [0, 0.1) is 0 Å². The first kappa shape index (κ1) is 12.2. The van der Waals surface area contributed by atoms with E-state index in [1.807, 2.05) is 31.2 Å². The Morgan fingerprint density at radius 1 is 1.06 bits per heavy atom. The molecule has 18 heavy (non-hydrogen) atoms. The van der Waals surface area contributed by atoms with Crippen molar-refractivity contribution < 1.29 is 9.47 Å². The van der Waals surface area contributed by atoms with Gasteiger partial charge in [0.05, 0.1) is 6.61 Å². The van der Waals surface area contributed by atoms with E-state index in [0.717, 1.165) is 11.5 Å². The van der Waals surface area contributed by atoms with E-state index in [4.69, 9.17) is 15.2 Å². The van der Waals surface area contributed by atoms with Gasteiger partial charge in [-0.15, -0.1) is 0 Å². The van der Waals surface area contributed by atoms with Gasteiger partial charge in [-0.3, -0.25) is 0 Å². The Balaban J connectivity index is 1.93. The van der Waals surface area contributed by atoms with Gasteiger partial charge in [0, 0.05) is 6.20 Å². The molecule has 94 valence electrons. The number of nitrogens with zero attached hydrogens (tertiary/aromatic N) is 2. The van der Waals surface area contributed by atoms with Gasteiger partial charge in [0.25, 0.3) is 0 Å². The molecule has 0 bridgehead atoms. The standard InChI is InChI=1S/C13H15N3O2/c1-2-17-10-3-5-11(6-4-10)18-9-13-15-8-7-12(14)16-13/h3-8H,2,9H2,1H3,(H2,14,15,16). The molecule has 0 atom stereocenters. The molecule has 0 amide bonds. The minimum absolute atomic E-state index is 0.291. The van der Waals surface area contributed by atoms with Gasteiger partial charge in [0.15, 0.2) is 5.82 Å². The quantitative estimate of drug-likeness (QED) is 0.872. The van der Waals surface area contributed by atoms with E-state index in [1.54, 1.807) is 12.3 Å². The van der Waals surface area contributed by atoms with Crippen LogP contribution < -0.4 is 15.2 Å². The van der Waals surface area contributed by atoms with Gasteiger partial charge in [-0.1, -0.05) is 0 Å². The molecule has 5 heteroatoms. The third-order valence-electron chi connectivity index (χ3n) is 2.23. The number of benzene rings is 1. The Bertz CT molecular complexity index is 500. The van der Waals surface area contributed by atoms with Crippen LogP contribution in [0.4, 0.5) is 5.82 Å². The number of rotatable bonds is 5. The highest BCUT2D eigenvalue weighted by Crippen LogP contribution is 2.18. The van der Waals surface area contributed by atoms with E-state index >= 15 is 0 Å². The van der Waals surface area contributed by atoms with Crippen molar-refractivity contribution in [2.24, 2.45) is 0 Å². The van der Waals surface area contributed by atoms with Crippen molar-refractivity contribution in [2.75, 3.05) is 12.3 Å². The van der Waals surface area contributed by atoms with Gasteiger partial charge < -0.3 is 15.2 Å². The first-order chi connectivity index (χ1) is 8.78. The molecule has 0 radical (unpaired) electrons. The van der Waals surface area contributed by atoms with Gasteiger partial charge >= 0.3 is 0 Å². The third kappa shape index (κ3) is 3.35. The predicted octanol–water partition coefficient (Wildman–Crippen LogP) is 2.04. The van der Waals surface area contributed by atoms with Crippen LogP contribution in [0.15, 0.2) is 36.5 Å². The van der Waals surface area contributed by atoms with Crippen molar-refractivity contribution in [3.05, 3.63) is 42.4 Å². The summed E-state index contributed by atoms with van der Waals surface area (Å²) in [5, 5.41) is 0. The molecular formula is C13H15N3O2. The van der Waals surface area contributed by atoms with Gasteiger partial charge in [-0.05, 0) is 37.3 Å². The summed E-state index contributed by atoms with van der Waals surface area (Å²) in [5.74, 6) is 2.56. The highest BCUT2D eigenvalue weighted by Gasteiger charge is 2.00. The Hall–Kier alpha value is -2.30. The average Bonchev–Trinajstić information content (AvgIpc) is 2.38. The van der Waals surface area contributed by atoms with Crippen LogP contribution in [0.5, 0.6) is 11.5 Å². The number of hydrogen-bond acceptors (Lipinski definition) is 5. The summed E-state index contributed by atoms with van der Waals surface area (Å²) in [6.07, 6.45) is 1.61. The SMILES string of the molecule is CCOc1ccc(OCc2nccc(N)n2)cc1. The number of aromatic nitrogens is 2. The predicted molar refractivity (Wildman–Crippen MR) is 68.4 cm³/mol. The number of ether oxygens (including phenoxy) is 2. The van der Waals surface area contributed by atoms with E-state index in [1.165, 1.54) is 0 Å². The number of hydrogen-bond donors (Lipinski definition) is 1. The smallest absolute Gasteiger partial charge is 0.168 e. The van der Waals surface area contributed by atoms with Crippen molar-refractivity contribution in [3.63, 3.8) is 0 Å².